The number of benzene rings is 2. The molecule has 0 atom stereocenters. The van der Waals surface area contributed by atoms with E-state index in [4.69, 9.17) is 0 Å². The lowest BCUT2D eigenvalue weighted by Gasteiger charge is -2.14. The summed E-state index contributed by atoms with van der Waals surface area (Å²) in [5.74, 6) is 0.232. The van der Waals surface area contributed by atoms with Gasteiger partial charge in [0, 0.05) is 17.3 Å². The number of carbonyl (C=O) groups is 1. The van der Waals surface area contributed by atoms with E-state index in [1.807, 2.05) is 24.3 Å². The minimum atomic E-state index is -0.106. The highest BCUT2D eigenvalue weighted by molar-refractivity contribution is 6.12. The molecule has 3 nitrogen and oxygen atoms in total. The van der Waals surface area contributed by atoms with Crippen molar-refractivity contribution in [2.24, 2.45) is 0 Å². The van der Waals surface area contributed by atoms with Crippen molar-refractivity contribution in [2.75, 3.05) is 5.32 Å². The number of fused-ring (bicyclic) bond motifs is 1. The Hall–Kier alpha value is -3.20. The summed E-state index contributed by atoms with van der Waals surface area (Å²) in [7, 11) is 0. The summed E-state index contributed by atoms with van der Waals surface area (Å²) < 4.78 is 0. The van der Waals surface area contributed by atoms with E-state index in [0.29, 0.717) is 11.5 Å². The van der Waals surface area contributed by atoms with Crippen molar-refractivity contribution >= 4 is 28.1 Å². The van der Waals surface area contributed by atoms with Crippen LogP contribution in [0.2, 0.25) is 0 Å². The largest absolute Gasteiger partial charge is 0.322 e. The van der Waals surface area contributed by atoms with Gasteiger partial charge in [0.2, 0.25) is 0 Å². The number of rotatable bonds is 4. The molecule has 1 aliphatic rings. The minimum Gasteiger partial charge on any atom is -0.322 e. The predicted molar refractivity (Wildman–Crippen MR) is 117 cm³/mol. The highest BCUT2D eigenvalue weighted by Crippen LogP contribution is 2.28. The molecular weight excluding hydrogens is 344 g/mol. The van der Waals surface area contributed by atoms with Crippen LogP contribution in [0.25, 0.3) is 16.5 Å². The molecule has 0 aliphatic heterocycles. The fraction of sp³-hybridized carbons (Fsp3) is 0.200. The van der Waals surface area contributed by atoms with E-state index in [-0.39, 0.29) is 5.91 Å². The summed E-state index contributed by atoms with van der Waals surface area (Å²) in [6, 6.07) is 15.9. The fourth-order valence-corrected chi connectivity index (χ4v) is 3.66. The number of aromatic nitrogens is 1. The van der Waals surface area contributed by atoms with Gasteiger partial charge in [0.15, 0.2) is 0 Å². The summed E-state index contributed by atoms with van der Waals surface area (Å²) in [5.41, 5.74) is 5.83. The number of anilines is 1. The van der Waals surface area contributed by atoms with Gasteiger partial charge in [0.05, 0.1) is 11.1 Å². The van der Waals surface area contributed by atoms with Crippen LogP contribution in [0.3, 0.4) is 0 Å². The molecule has 2 aromatic carbocycles. The van der Waals surface area contributed by atoms with Gasteiger partial charge in [-0.2, -0.15) is 0 Å². The second kappa shape index (κ2) is 7.81. The number of allylic oxidation sites excluding steroid dienone is 4. The lowest BCUT2D eigenvalue weighted by Crippen LogP contribution is -2.14. The Labute approximate surface area is 165 Å². The van der Waals surface area contributed by atoms with Gasteiger partial charge in [0.1, 0.15) is 0 Å². The Morgan fingerprint density at radius 1 is 1.07 bits per heavy atom. The molecule has 1 heterocycles. The van der Waals surface area contributed by atoms with E-state index >= 15 is 0 Å². The van der Waals surface area contributed by atoms with Gasteiger partial charge < -0.3 is 5.32 Å². The van der Waals surface area contributed by atoms with Crippen molar-refractivity contribution in [3.05, 3.63) is 89.6 Å². The van der Waals surface area contributed by atoms with Crippen molar-refractivity contribution < 1.29 is 4.79 Å². The van der Waals surface area contributed by atoms with Gasteiger partial charge in [-0.15, -0.1) is 0 Å². The Bertz CT molecular complexity index is 1090. The fourth-order valence-electron chi connectivity index (χ4n) is 3.66. The lowest BCUT2D eigenvalue weighted by molar-refractivity contribution is 0.102. The number of carbonyl (C=O) groups excluding carboxylic acids is 1. The molecule has 0 spiro atoms. The molecule has 1 N–H and O–H groups in total. The Balaban J connectivity index is 1.68. The average molecular weight is 368 g/mol. The molecule has 0 bridgehead atoms. The summed E-state index contributed by atoms with van der Waals surface area (Å²) in [5, 5.41) is 3.96. The molecule has 3 heteroatoms. The average Bonchev–Trinajstić information content (AvgIpc) is 2.73. The number of hydrogen-bond donors (Lipinski definition) is 1. The second-order valence-electron chi connectivity index (χ2n) is 7.43. The molecule has 0 fully saturated rings. The highest BCUT2D eigenvalue weighted by atomic mass is 16.1. The van der Waals surface area contributed by atoms with Crippen LogP contribution in [0.4, 0.5) is 5.69 Å². The second-order valence-corrected chi connectivity index (χ2v) is 7.43. The van der Waals surface area contributed by atoms with Gasteiger partial charge in [-0.25, -0.2) is 0 Å². The van der Waals surface area contributed by atoms with Gasteiger partial charge in [-0.05, 0) is 53.7 Å². The van der Waals surface area contributed by atoms with Crippen molar-refractivity contribution in [2.45, 2.75) is 32.6 Å². The van der Waals surface area contributed by atoms with Crippen LogP contribution in [0, 0.1) is 0 Å². The van der Waals surface area contributed by atoms with Crippen molar-refractivity contribution in [1.82, 2.24) is 4.98 Å². The zero-order valence-corrected chi connectivity index (χ0v) is 16.3. The SMILES string of the molecule is CC(C)c1ccccc1NC(=O)c1ccnc2cc(C3=CCCC=C3)ccc12. The molecular formula is C25H24N2O. The molecule has 3 aromatic rings. The standard InChI is InChI=1S/C25H24N2O/c1-17(2)20-10-6-7-11-23(20)27-25(28)22-14-15-26-24-16-19(12-13-21(22)24)18-8-4-3-5-9-18/h4,6-17H,3,5H2,1-2H3,(H,27,28). The van der Waals surface area contributed by atoms with E-state index < -0.39 is 0 Å². The van der Waals surface area contributed by atoms with Crippen LogP contribution < -0.4 is 5.32 Å². The molecule has 1 aliphatic carbocycles. The summed E-state index contributed by atoms with van der Waals surface area (Å²) in [6.07, 6.45) is 10.5. The lowest BCUT2D eigenvalue weighted by atomic mass is 9.97. The minimum absolute atomic E-state index is 0.106. The molecule has 1 amide bonds. The van der Waals surface area contributed by atoms with Crippen LogP contribution in [0.5, 0.6) is 0 Å². The highest BCUT2D eigenvalue weighted by Gasteiger charge is 2.14. The van der Waals surface area contributed by atoms with E-state index in [1.165, 1.54) is 5.57 Å². The molecule has 28 heavy (non-hydrogen) atoms. The first-order chi connectivity index (χ1) is 13.6. The topological polar surface area (TPSA) is 42.0 Å². The molecule has 0 saturated carbocycles. The molecule has 0 radical (unpaired) electrons. The third-order valence-corrected chi connectivity index (χ3v) is 5.15. The van der Waals surface area contributed by atoms with E-state index in [2.05, 4.69) is 60.6 Å². The molecule has 1 aromatic heterocycles. The first kappa shape index (κ1) is 18.2. The molecule has 140 valence electrons. The zero-order valence-electron chi connectivity index (χ0n) is 16.3. The van der Waals surface area contributed by atoms with Gasteiger partial charge >= 0.3 is 0 Å². The van der Waals surface area contributed by atoms with Crippen LogP contribution in [0.15, 0.2) is 73.0 Å². The Morgan fingerprint density at radius 3 is 2.71 bits per heavy atom. The summed E-state index contributed by atoms with van der Waals surface area (Å²) in [6.45, 7) is 4.26. The molecule has 4 rings (SSSR count). The number of pyridine rings is 1. The van der Waals surface area contributed by atoms with Crippen molar-refractivity contribution in [3.8, 4) is 0 Å². The van der Waals surface area contributed by atoms with E-state index in [9.17, 15) is 4.79 Å². The predicted octanol–water partition coefficient (Wildman–Crippen LogP) is 6.34. The number of nitrogens with zero attached hydrogens (tertiary/aromatic N) is 1. The van der Waals surface area contributed by atoms with Gasteiger partial charge in [-0.3, -0.25) is 9.78 Å². The van der Waals surface area contributed by atoms with Crippen LogP contribution in [0.1, 0.15) is 54.1 Å². The van der Waals surface area contributed by atoms with E-state index in [1.54, 1.807) is 12.3 Å². The maximum Gasteiger partial charge on any atom is 0.256 e. The number of para-hydroxylation sites is 1. The van der Waals surface area contributed by atoms with E-state index in [0.717, 1.165) is 40.6 Å². The van der Waals surface area contributed by atoms with Crippen LogP contribution in [-0.2, 0) is 0 Å². The zero-order chi connectivity index (χ0) is 19.5. The first-order valence-corrected chi connectivity index (χ1v) is 9.79. The summed E-state index contributed by atoms with van der Waals surface area (Å²) >= 11 is 0. The smallest absolute Gasteiger partial charge is 0.256 e. The summed E-state index contributed by atoms with van der Waals surface area (Å²) in [4.78, 5) is 17.5. The quantitative estimate of drug-likeness (QED) is 0.583. The Kier molecular flexibility index (Phi) is 5.07. The molecule has 0 saturated heterocycles. The first-order valence-electron chi connectivity index (χ1n) is 9.79. The Morgan fingerprint density at radius 2 is 1.93 bits per heavy atom. The van der Waals surface area contributed by atoms with Crippen LogP contribution in [-0.4, -0.2) is 10.9 Å². The van der Waals surface area contributed by atoms with Crippen LogP contribution >= 0.6 is 0 Å². The maximum absolute atomic E-state index is 13.0. The molecule has 0 unspecified atom stereocenters. The monoisotopic (exact) mass is 368 g/mol. The normalized spacial score (nSPS) is 13.6. The van der Waals surface area contributed by atoms with Gasteiger partial charge in [-0.1, -0.05) is 62.4 Å². The number of amides is 1. The van der Waals surface area contributed by atoms with Crippen molar-refractivity contribution in [3.63, 3.8) is 0 Å². The van der Waals surface area contributed by atoms with Gasteiger partial charge in [0.25, 0.3) is 5.91 Å². The number of nitrogens with one attached hydrogen (secondary N) is 1. The third kappa shape index (κ3) is 3.61. The number of hydrogen-bond acceptors (Lipinski definition) is 2. The third-order valence-electron chi connectivity index (χ3n) is 5.15. The maximum atomic E-state index is 13.0. The van der Waals surface area contributed by atoms with Crippen molar-refractivity contribution in [1.29, 1.82) is 0 Å².